The predicted octanol–water partition coefficient (Wildman–Crippen LogP) is 5.01. The van der Waals surface area contributed by atoms with Crippen molar-refractivity contribution in [1.29, 1.82) is 0 Å². The summed E-state index contributed by atoms with van der Waals surface area (Å²) in [7, 11) is 0. The second-order valence-electron chi connectivity index (χ2n) is 10.6. The summed E-state index contributed by atoms with van der Waals surface area (Å²) in [5, 5.41) is 5.29. The van der Waals surface area contributed by atoms with E-state index in [0.717, 1.165) is 23.4 Å². The molecule has 0 unspecified atom stereocenters. The maximum atomic E-state index is 13.5. The van der Waals surface area contributed by atoms with E-state index in [9.17, 15) is 27.6 Å². The molecule has 0 saturated carbocycles. The zero-order valence-electron chi connectivity index (χ0n) is 22.2. The molecule has 0 radical (unpaired) electrons. The largest absolute Gasteiger partial charge is 0.444 e. The molecular formula is C28H34F3N3O4. The van der Waals surface area contributed by atoms with E-state index < -0.39 is 41.4 Å². The van der Waals surface area contributed by atoms with Gasteiger partial charge in [0.2, 0.25) is 11.8 Å². The van der Waals surface area contributed by atoms with Gasteiger partial charge >= 0.3 is 12.3 Å². The number of hydrogen-bond acceptors (Lipinski definition) is 4. The van der Waals surface area contributed by atoms with Crippen LogP contribution in [0.4, 0.5) is 23.7 Å². The first-order valence-electron chi connectivity index (χ1n) is 12.5. The average Bonchev–Trinajstić information content (AvgIpc) is 2.93. The molecule has 0 aromatic heterocycles. The summed E-state index contributed by atoms with van der Waals surface area (Å²) in [5.74, 6) is -0.910. The highest BCUT2D eigenvalue weighted by atomic mass is 19.4. The molecule has 0 saturated heterocycles. The van der Waals surface area contributed by atoms with E-state index in [1.54, 1.807) is 25.7 Å². The zero-order valence-corrected chi connectivity index (χ0v) is 22.2. The van der Waals surface area contributed by atoms with E-state index in [1.165, 1.54) is 12.1 Å². The van der Waals surface area contributed by atoms with Gasteiger partial charge in [-0.15, -0.1) is 0 Å². The molecule has 0 bridgehead atoms. The van der Waals surface area contributed by atoms with Crippen LogP contribution in [0.3, 0.4) is 0 Å². The number of alkyl carbamates (subject to hydrolysis) is 1. The van der Waals surface area contributed by atoms with Crippen LogP contribution in [0.5, 0.6) is 0 Å². The number of nitrogens with one attached hydrogen (secondary N) is 2. The lowest BCUT2D eigenvalue weighted by Crippen LogP contribution is -2.56. The molecule has 1 aliphatic heterocycles. The van der Waals surface area contributed by atoms with Gasteiger partial charge in [0.15, 0.2) is 0 Å². The molecule has 2 aromatic carbocycles. The topological polar surface area (TPSA) is 87.7 Å². The number of carbonyl (C=O) groups is 3. The van der Waals surface area contributed by atoms with Crippen LogP contribution in [0.15, 0.2) is 48.5 Å². The molecule has 0 fully saturated rings. The number of halogens is 3. The Morgan fingerprint density at radius 1 is 1.05 bits per heavy atom. The molecule has 10 heteroatoms. The number of hydrogen-bond donors (Lipinski definition) is 2. The number of rotatable bonds is 6. The summed E-state index contributed by atoms with van der Waals surface area (Å²) in [6, 6.07) is 9.71. The summed E-state index contributed by atoms with van der Waals surface area (Å²) >= 11 is 0. The number of anilines is 1. The minimum absolute atomic E-state index is 0.0990. The van der Waals surface area contributed by atoms with Crippen LogP contribution in [-0.2, 0) is 33.3 Å². The predicted molar refractivity (Wildman–Crippen MR) is 138 cm³/mol. The van der Waals surface area contributed by atoms with Gasteiger partial charge in [-0.2, -0.15) is 13.2 Å². The van der Waals surface area contributed by atoms with Crippen LogP contribution >= 0.6 is 0 Å². The van der Waals surface area contributed by atoms with Crippen molar-refractivity contribution in [2.24, 2.45) is 0 Å². The quantitative estimate of drug-likeness (QED) is 0.546. The number of fused-ring (bicyclic) bond motifs is 1. The van der Waals surface area contributed by atoms with Gasteiger partial charge < -0.3 is 20.3 Å². The van der Waals surface area contributed by atoms with Crippen molar-refractivity contribution in [3.8, 4) is 0 Å². The molecule has 0 spiro atoms. The smallest absolute Gasteiger partial charge is 0.416 e. The Morgan fingerprint density at radius 2 is 1.68 bits per heavy atom. The Labute approximate surface area is 220 Å². The molecule has 7 nitrogen and oxygen atoms in total. The minimum Gasteiger partial charge on any atom is -0.444 e. The summed E-state index contributed by atoms with van der Waals surface area (Å²) in [6.07, 6.45) is -4.54. The third-order valence-corrected chi connectivity index (χ3v) is 6.05. The van der Waals surface area contributed by atoms with Crippen molar-refractivity contribution in [2.45, 2.75) is 83.8 Å². The summed E-state index contributed by atoms with van der Waals surface area (Å²) in [4.78, 5) is 41.1. The normalized spacial score (nSPS) is 16.9. The molecule has 0 aliphatic carbocycles. The van der Waals surface area contributed by atoms with E-state index in [0.29, 0.717) is 18.4 Å². The van der Waals surface area contributed by atoms with Crippen LogP contribution in [-0.4, -0.2) is 41.6 Å². The molecule has 2 N–H and O–H groups in total. The van der Waals surface area contributed by atoms with Crippen molar-refractivity contribution in [2.75, 3.05) is 4.90 Å². The maximum absolute atomic E-state index is 13.5. The summed E-state index contributed by atoms with van der Waals surface area (Å²) in [5.41, 5.74) is 0.523. The molecule has 1 aliphatic rings. The van der Waals surface area contributed by atoms with Crippen LogP contribution in [0.2, 0.25) is 0 Å². The Bertz CT molecular complexity index is 1160. The lowest BCUT2D eigenvalue weighted by Gasteiger charge is -2.30. The lowest BCUT2D eigenvalue weighted by molar-refractivity contribution is -0.137. The number of alkyl halides is 3. The molecule has 2 aromatic rings. The van der Waals surface area contributed by atoms with Gasteiger partial charge in [0.05, 0.1) is 5.56 Å². The van der Waals surface area contributed by atoms with Crippen molar-refractivity contribution in [3.05, 3.63) is 65.2 Å². The molecule has 2 atom stereocenters. The number of aryl methyl sites for hydroxylation is 1. The van der Waals surface area contributed by atoms with Gasteiger partial charge in [-0.05, 0) is 76.8 Å². The molecular weight excluding hydrogens is 499 g/mol. The Hall–Kier alpha value is -3.56. The van der Waals surface area contributed by atoms with E-state index in [4.69, 9.17) is 4.74 Å². The lowest BCUT2D eigenvalue weighted by atomic mass is 10.0. The van der Waals surface area contributed by atoms with Gasteiger partial charge in [0, 0.05) is 18.2 Å². The van der Waals surface area contributed by atoms with E-state index in [1.807, 2.05) is 38.1 Å². The first-order chi connectivity index (χ1) is 17.7. The number of benzene rings is 2. The number of nitrogens with zero attached hydrogens (tertiary/aromatic N) is 1. The van der Waals surface area contributed by atoms with Gasteiger partial charge in [0.25, 0.3) is 0 Å². The second-order valence-corrected chi connectivity index (χ2v) is 10.6. The second kappa shape index (κ2) is 11.4. The first-order valence-corrected chi connectivity index (χ1v) is 12.5. The highest BCUT2D eigenvalue weighted by molar-refractivity contribution is 6.01. The van der Waals surface area contributed by atoms with Gasteiger partial charge in [-0.3, -0.25) is 9.59 Å². The van der Waals surface area contributed by atoms with Crippen LogP contribution in [0.1, 0.15) is 57.7 Å². The highest BCUT2D eigenvalue weighted by Gasteiger charge is 2.35. The van der Waals surface area contributed by atoms with Crippen molar-refractivity contribution in [3.63, 3.8) is 0 Å². The summed E-state index contributed by atoms with van der Waals surface area (Å²) < 4.78 is 44.2. The molecule has 3 amide bonds. The monoisotopic (exact) mass is 533 g/mol. The van der Waals surface area contributed by atoms with E-state index in [2.05, 4.69) is 10.6 Å². The number of carbonyl (C=O) groups excluding carboxylic acids is 3. The zero-order chi connectivity index (χ0) is 28.3. The first kappa shape index (κ1) is 29.0. The van der Waals surface area contributed by atoms with Crippen molar-refractivity contribution < 1.29 is 32.3 Å². The number of ether oxygens (including phenoxy) is 1. The van der Waals surface area contributed by atoms with Crippen molar-refractivity contribution in [1.82, 2.24) is 10.6 Å². The van der Waals surface area contributed by atoms with E-state index >= 15 is 0 Å². The third-order valence-electron chi connectivity index (χ3n) is 6.05. The standard InChI is InChI=1S/C28H34F3N3O4/c1-17(2)34-23-9-7-6-8-19(23)12-15-21(25(34)36)32-24(35)22(33-26(37)38-27(3,4)5)16-18-10-13-20(14-11-18)28(29,30)31/h6-11,13-14,17,21-22H,12,15-16H2,1-5H3,(H,32,35)(H,33,37)/t21-,22-/m1/s1. The fourth-order valence-electron chi connectivity index (χ4n) is 4.33. The SMILES string of the molecule is CC(C)N1C(=O)[C@H](NC(=O)[C@@H](Cc2ccc(C(F)(F)F)cc2)NC(=O)OC(C)(C)C)CCc2ccccc21. The Balaban J connectivity index is 1.83. The summed E-state index contributed by atoms with van der Waals surface area (Å²) in [6.45, 7) is 8.77. The van der Waals surface area contributed by atoms with E-state index in [-0.39, 0.29) is 18.4 Å². The minimum atomic E-state index is -4.50. The van der Waals surface area contributed by atoms with Crippen LogP contribution in [0.25, 0.3) is 0 Å². The number of amides is 3. The average molecular weight is 534 g/mol. The third kappa shape index (κ3) is 7.49. The molecule has 206 valence electrons. The fraction of sp³-hybridized carbons (Fsp3) is 0.464. The van der Waals surface area contributed by atoms with Gasteiger partial charge in [-0.25, -0.2) is 4.79 Å². The Kier molecular flexibility index (Phi) is 8.74. The molecule has 1 heterocycles. The van der Waals surface area contributed by atoms with Gasteiger partial charge in [0.1, 0.15) is 17.7 Å². The molecule has 38 heavy (non-hydrogen) atoms. The maximum Gasteiger partial charge on any atom is 0.416 e. The number of para-hydroxylation sites is 1. The fourth-order valence-corrected chi connectivity index (χ4v) is 4.33. The Morgan fingerprint density at radius 3 is 2.26 bits per heavy atom. The van der Waals surface area contributed by atoms with Crippen LogP contribution < -0.4 is 15.5 Å². The van der Waals surface area contributed by atoms with Gasteiger partial charge in [-0.1, -0.05) is 30.3 Å². The van der Waals surface area contributed by atoms with Crippen LogP contribution in [0, 0.1) is 0 Å². The highest BCUT2D eigenvalue weighted by Crippen LogP contribution is 2.30. The molecule has 3 rings (SSSR count). The van der Waals surface area contributed by atoms with Crippen molar-refractivity contribution >= 4 is 23.6 Å².